The number of rotatable bonds is 2. The Bertz CT molecular complexity index is 1170. The van der Waals surface area contributed by atoms with Crippen molar-refractivity contribution in [3.05, 3.63) is 73.3 Å². The molecule has 7 heteroatoms. The van der Waals surface area contributed by atoms with Crippen molar-refractivity contribution in [1.29, 1.82) is 5.26 Å². The molecular formula is C26H30ClN3O2S. The fourth-order valence-corrected chi connectivity index (χ4v) is 5.73. The predicted octanol–water partition coefficient (Wildman–Crippen LogP) is 5.96. The highest BCUT2D eigenvalue weighted by Gasteiger charge is 2.45. The van der Waals surface area contributed by atoms with Gasteiger partial charge in [0, 0.05) is 44.8 Å². The van der Waals surface area contributed by atoms with Crippen LogP contribution in [0.25, 0.3) is 0 Å². The minimum absolute atomic E-state index is 0.0914. The molecule has 4 rings (SSSR count). The van der Waals surface area contributed by atoms with Gasteiger partial charge >= 0.3 is 0 Å². The van der Waals surface area contributed by atoms with Crippen molar-refractivity contribution in [3.8, 4) is 6.07 Å². The van der Waals surface area contributed by atoms with Gasteiger partial charge in [0.15, 0.2) is 5.78 Å². The van der Waals surface area contributed by atoms with E-state index >= 15 is 0 Å². The third-order valence-corrected chi connectivity index (χ3v) is 7.09. The molecular weight excluding hydrogens is 454 g/mol. The van der Waals surface area contributed by atoms with Crippen molar-refractivity contribution >= 4 is 34.4 Å². The second-order valence-corrected chi connectivity index (χ2v) is 11.0. The molecule has 33 heavy (non-hydrogen) atoms. The number of aryl methyl sites for hydroxylation is 2. The van der Waals surface area contributed by atoms with Gasteiger partial charge in [0.2, 0.25) is 0 Å². The van der Waals surface area contributed by atoms with Crippen molar-refractivity contribution in [3.63, 3.8) is 0 Å². The first-order valence-corrected chi connectivity index (χ1v) is 12.1. The Morgan fingerprint density at radius 1 is 1.27 bits per heavy atom. The molecule has 1 unspecified atom stereocenters. The maximum Gasteiger partial charge on any atom is 0.162 e. The van der Waals surface area contributed by atoms with Gasteiger partial charge in [0.25, 0.3) is 0 Å². The number of aliphatic hydroxyl groups is 1. The van der Waals surface area contributed by atoms with Crippen LogP contribution in [0.4, 0.5) is 5.69 Å². The summed E-state index contributed by atoms with van der Waals surface area (Å²) >= 11 is 7.77. The number of hydrogen-bond donors (Lipinski definition) is 2. The van der Waals surface area contributed by atoms with E-state index in [-0.39, 0.29) is 17.8 Å². The summed E-state index contributed by atoms with van der Waals surface area (Å²) in [5.41, 5.74) is 10.3. The van der Waals surface area contributed by atoms with E-state index in [1.807, 2.05) is 30.9 Å². The Balaban J connectivity index is 0.000000968. The summed E-state index contributed by atoms with van der Waals surface area (Å²) in [7, 11) is 0. The highest BCUT2D eigenvalue weighted by molar-refractivity contribution is 7.12. The number of nitrogens with zero attached hydrogens (tertiary/aromatic N) is 2. The normalized spacial score (nSPS) is 19.6. The monoisotopic (exact) mass is 483 g/mol. The van der Waals surface area contributed by atoms with Crippen molar-refractivity contribution in [2.75, 3.05) is 11.5 Å². The van der Waals surface area contributed by atoms with E-state index in [9.17, 15) is 10.1 Å². The van der Waals surface area contributed by atoms with Gasteiger partial charge in [-0.05, 0) is 68.5 Å². The number of anilines is 1. The first-order chi connectivity index (χ1) is 15.5. The molecule has 0 amide bonds. The fourth-order valence-electron chi connectivity index (χ4n) is 4.64. The summed E-state index contributed by atoms with van der Waals surface area (Å²) in [5.74, 6) is 0.0631. The average Bonchev–Trinajstić information content (AvgIpc) is 3.05. The van der Waals surface area contributed by atoms with Gasteiger partial charge < -0.3 is 10.8 Å². The van der Waals surface area contributed by atoms with Crippen LogP contribution in [-0.2, 0) is 4.79 Å². The Labute approximate surface area is 204 Å². The molecule has 3 N–H and O–H groups in total. The molecule has 174 valence electrons. The van der Waals surface area contributed by atoms with Crippen LogP contribution in [-0.4, -0.2) is 17.5 Å². The van der Waals surface area contributed by atoms with Crippen LogP contribution >= 0.6 is 22.9 Å². The van der Waals surface area contributed by atoms with E-state index in [0.717, 1.165) is 26.7 Å². The number of hydrogen-bond acceptors (Lipinski definition) is 6. The van der Waals surface area contributed by atoms with Gasteiger partial charge in [-0.3, -0.25) is 9.69 Å². The lowest BCUT2D eigenvalue weighted by molar-refractivity contribution is -0.118. The number of halogens is 1. The Morgan fingerprint density at radius 2 is 1.88 bits per heavy atom. The quantitative estimate of drug-likeness (QED) is 0.550. The number of nitriles is 1. The second-order valence-electron chi connectivity index (χ2n) is 9.14. The lowest BCUT2D eigenvalue weighted by atomic mass is 9.68. The number of aliphatic hydroxyl groups excluding tert-OH is 1. The van der Waals surface area contributed by atoms with E-state index in [4.69, 9.17) is 22.4 Å². The molecule has 5 nitrogen and oxygen atoms in total. The van der Waals surface area contributed by atoms with E-state index in [1.165, 1.54) is 0 Å². The number of carbonyl (C=O) groups excluding carboxylic acids is 1. The van der Waals surface area contributed by atoms with Crippen LogP contribution in [0.3, 0.4) is 0 Å². The summed E-state index contributed by atoms with van der Waals surface area (Å²) in [6.45, 7) is 10.2. The molecule has 1 aliphatic carbocycles. The van der Waals surface area contributed by atoms with Crippen LogP contribution in [0.5, 0.6) is 0 Å². The largest absolute Gasteiger partial charge is 0.397 e. The first-order valence-electron chi connectivity index (χ1n) is 10.9. The van der Waals surface area contributed by atoms with Crippen LogP contribution in [0.1, 0.15) is 54.8 Å². The van der Waals surface area contributed by atoms with Crippen LogP contribution in [0.2, 0.25) is 5.02 Å². The standard InChI is InChI=1S/C24H24ClN3OS.C2H6O/c1-13-9-17(14(2)30-13)21-18(12-26)23(27)28(16-7-5-15(25)6-8-16)19-10-24(3,4)11-20(29)22(19)21;1-2-3/h5-9,21H,10-11,27H2,1-4H3;3H,2H2,1H3. The minimum atomic E-state index is -0.415. The third-order valence-electron chi connectivity index (χ3n) is 5.86. The number of benzene rings is 1. The van der Waals surface area contributed by atoms with Crippen molar-refractivity contribution in [1.82, 2.24) is 0 Å². The van der Waals surface area contributed by atoms with Gasteiger partial charge in [-0.25, -0.2) is 0 Å². The average molecular weight is 484 g/mol. The van der Waals surface area contributed by atoms with Gasteiger partial charge in [0.1, 0.15) is 5.82 Å². The zero-order valence-corrected chi connectivity index (χ0v) is 21.3. The van der Waals surface area contributed by atoms with Crippen molar-refractivity contribution in [2.24, 2.45) is 11.1 Å². The van der Waals surface area contributed by atoms with Gasteiger partial charge in [-0.2, -0.15) is 5.26 Å². The number of thiophene rings is 1. The van der Waals surface area contributed by atoms with Gasteiger partial charge in [-0.15, -0.1) is 11.3 Å². The zero-order valence-electron chi connectivity index (χ0n) is 19.7. The maximum atomic E-state index is 13.5. The van der Waals surface area contributed by atoms with Crippen LogP contribution in [0.15, 0.2) is 53.0 Å². The van der Waals surface area contributed by atoms with E-state index < -0.39 is 5.92 Å². The van der Waals surface area contributed by atoms with E-state index in [1.54, 1.807) is 30.4 Å². The Hall–Kier alpha value is -2.59. The van der Waals surface area contributed by atoms with Gasteiger partial charge in [-0.1, -0.05) is 25.4 Å². The minimum Gasteiger partial charge on any atom is -0.397 e. The topological polar surface area (TPSA) is 90.3 Å². The van der Waals surface area contributed by atoms with Crippen LogP contribution in [0, 0.1) is 30.6 Å². The van der Waals surface area contributed by atoms with E-state index in [2.05, 4.69) is 26.0 Å². The lowest BCUT2D eigenvalue weighted by Crippen LogP contribution is -2.42. The molecule has 1 aliphatic heterocycles. The Morgan fingerprint density at radius 3 is 2.39 bits per heavy atom. The predicted molar refractivity (Wildman–Crippen MR) is 135 cm³/mol. The summed E-state index contributed by atoms with van der Waals surface area (Å²) in [5, 5.41) is 18.3. The molecule has 2 aliphatic rings. The van der Waals surface area contributed by atoms with E-state index in [0.29, 0.717) is 34.8 Å². The van der Waals surface area contributed by atoms with Gasteiger partial charge in [0.05, 0.1) is 17.6 Å². The smallest absolute Gasteiger partial charge is 0.162 e. The number of nitrogens with two attached hydrogens (primary N) is 1. The first kappa shape index (κ1) is 25.0. The van der Waals surface area contributed by atoms with Crippen molar-refractivity contribution in [2.45, 2.75) is 53.4 Å². The fraction of sp³-hybridized carbons (Fsp3) is 0.385. The van der Waals surface area contributed by atoms with Crippen LogP contribution < -0.4 is 10.6 Å². The molecule has 0 fully saturated rings. The molecule has 1 aromatic heterocycles. The molecule has 1 atom stereocenters. The summed E-state index contributed by atoms with van der Waals surface area (Å²) in [4.78, 5) is 17.6. The number of carbonyl (C=O) groups is 1. The summed E-state index contributed by atoms with van der Waals surface area (Å²) in [6, 6.07) is 11.8. The molecule has 2 aromatic rings. The molecule has 1 aromatic carbocycles. The molecule has 0 saturated carbocycles. The third kappa shape index (κ3) is 4.86. The maximum absolute atomic E-state index is 13.5. The molecule has 0 bridgehead atoms. The zero-order chi connectivity index (χ0) is 24.5. The lowest BCUT2D eigenvalue weighted by Gasteiger charge is -2.43. The molecule has 0 radical (unpaired) electrons. The SMILES string of the molecule is CCO.Cc1cc(C2C(C#N)=C(N)N(c3ccc(Cl)cc3)C3=C2C(=O)CC(C)(C)C3)c(C)s1. The summed E-state index contributed by atoms with van der Waals surface area (Å²) in [6.07, 6.45) is 1.16. The highest BCUT2D eigenvalue weighted by Crippen LogP contribution is 2.51. The second kappa shape index (κ2) is 9.72. The highest BCUT2D eigenvalue weighted by atomic mass is 35.5. The molecule has 2 heterocycles. The van der Waals surface area contributed by atoms with Crippen molar-refractivity contribution < 1.29 is 9.90 Å². The number of ketones is 1. The summed E-state index contributed by atoms with van der Waals surface area (Å²) < 4.78 is 0. The number of Topliss-reactive ketones (excluding diaryl/α,β-unsaturated/α-hetero) is 1. The molecule has 0 spiro atoms. The Kier molecular flexibility index (Phi) is 7.38. The molecule has 0 saturated heterocycles. The number of allylic oxidation sites excluding steroid dienone is 3.